The Morgan fingerprint density at radius 2 is 2.75 bits per heavy atom. The van der Waals surface area contributed by atoms with Crippen LogP contribution >= 0.6 is 11.5 Å². The molecule has 0 amide bonds. The van der Waals surface area contributed by atoms with E-state index in [0.717, 1.165) is 11.5 Å². The Balaban J connectivity index is 2.62. The predicted molar refractivity (Wildman–Crippen MR) is 26.2 cm³/mol. The van der Waals surface area contributed by atoms with E-state index in [9.17, 15) is 4.79 Å². The van der Waals surface area contributed by atoms with Crippen LogP contribution in [0.4, 0.5) is 0 Å². The fourth-order valence-corrected chi connectivity index (χ4v) is 0.603. The second-order valence-electron chi connectivity index (χ2n) is 0.929. The van der Waals surface area contributed by atoms with E-state index in [2.05, 4.69) is 14.3 Å². The van der Waals surface area contributed by atoms with E-state index in [1.807, 2.05) is 0 Å². The van der Waals surface area contributed by atoms with Crippen LogP contribution in [0.2, 0.25) is 0 Å². The van der Waals surface area contributed by atoms with Gasteiger partial charge < -0.3 is 4.74 Å². The smallest absolute Gasteiger partial charge is 0.396 e. The first-order valence-corrected chi connectivity index (χ1v) is 2.58. The fraction of sp³-hybridized carbons (Fsp3) is 0. The topological polar surface area (TPSA) is 52.1 Å². The summed E-state index contributed by atoms with van der Waals surface area (Å²) in [5.74, 6) is 0.199. The molecule has 0 unspecified atom stereocenters. The van der Waals surface area contributed by atoms with Gasteiger partial charge in [0.05, 0.1) is 5.38 Å². The molecule has 1 radical (unpaired) electrons. The zero-order chi connectivity index (χ0) is 5.82. The van der Waals surface area contributed by atoms with E-state index < -0.39 is 0 Å². The molecule has 8 heavy (non-hydrogen) atoms. The van der Waals surface area contributed by atoms with Gasteiger partial charge in [0.2, 0.25) is 0 Å². The number of nitrogens with zero attached hydrogens (tertiary/aromatic N) is 2. The largest absolute Gasteiger partial charge is 0.424 e. The Bertz CT molecular complexity index is 162. The van der Waals surface area contributed by atoms with Gasteiger partial charge in [-0.2, -0.15) is 0 Å². The lowest BCUT2D eigenvalue weighted by Crippen LogP contribution is -1.86. The second-order valence-corrected chi connectivity index (χ2v) is 1.54. The van der Waals surface area contributed by atoms with Crippen LogP contribution in [0.1, 0.15) is 0 Å². The Hall–Kier alpha value is -0.970. The molecule has 0 aromatic carbocycles. The van der Waals surface area contributed by atoms with Crippen molar-refractivity contribution in [3.63, 3.8) is 0 Å². The van der Waals surface area contributed by atoms with Crippen LogP contribution in [-0.4, -0.2) is 16.1 Å². The maximum atomic E-state index is 9.46. The van der Waals surface area contributed by atoms with Crippen LogP contribution in [-0.2, 0) is 4.79 Å². The molecule has 1 rings (SSSR count). The monoisotopic (exact) mass is 129 g/mol. The van der Waals surface area contributed by atoms with Crippen molar-refractivity contribution in [2.75, 3.05) is 0 Å². The van der Waals surface area contributed by atoms with Gasteiger partial charge in [-0.3, -0.25) is 0 Å². The van der Waals surface area contributed by atoms with Crippen LogP contribution in [0.3, 0.4) is 0 Å². The van der Waals surface area contributed by atoms with Crippen LogP contribution in [0.25, 0.3) is 0 Å². The van der Waals surface area contributed by atoms with Crippen molar-refractivity contribution in [1.29, 1.82) is 0 Å². The summed E-state index contributed by atoms with van der Waals surface area (Å²) in [6.07, 6.45) is 0. The van der Waals surface area contributed by atoms with Crippen molar-refractivity contribution < 1.29 is 9.53 Å². The standard InChI is InChI=1S/C3HN2O2S/c6-2-7-3-1-8-5-4-3/h1H. The van der Waals surface area contributed by atoms with E-state index in [4.69, 9.17) is 0 Å². The molecule has 0 aliphatic carbocycles. The highest BCUT2D eigenvalue weighted by atomic mass is 32.1. The van der Waals surface area contributed by atoms with Gasteiger partial charge in [0.1, 0.15) is 0 Å². The molecule has 0 aliphatic heterocycles. The number of carbonyl (C=O) groups excluding carboxylic acids is 1. The summed E-state index contributed by atoms with van der Waals surface area (Å²) in [5.41, 5.74) is 0. The third-order valence-electron chi connectivity index (χ3n) is 0.486. The lowest BCUT2D eigenvalue weighted by molar-refractivity contribution is 0.432. The minimum absolute atomic E-state index is 0.199. The zero-order valence-corrected chi connectivity index (χ0v) is 4.51. The lowest BCUT2D eigenvalue weighted by atomic mass is 10.9. The van der Waals surface area contributed by atoms with Crippen molar-refractivity contribution >= 4 is 18.0 Å². The number of hydrogen-bond acceptors (Lipinski definition) is 5. The minimum Gasteiger partial charge on any atom is -0.396 e. The number of ether oxygens (including phenoxy) is 1. The van der Waals surface area contributed by atoms with Gasteiger partial charge in [0, 0.05) is 0 Å². The average Bonchev–Trinajstić information content (AvgIpc) is 2.19. The molecule has 1 aromatic heterocycles. The highest BCUT2D eigenvalue weighted by Gasteiger charge is 1.92. The van der Waals surface area contributed by atoms with Crippen molar-refractivity contribution in [2.24, 2.45) is 0 Å². The molecule has 0 saturated carbocycles. The third kappa shape index (κ3) is 1.00. The molecule has 0 atom stereocenters. The first-order valence-electron chi connectivity index (χ1n) is 1.74. The van der Waals surface area contributed by atoms with Crippen molar-refractivity contribution in [1.82, 2.24) is 9.59 Å². The second kappa shape index (κ2) is 2.37. The molecule has 0 N–H and O–H groups in total. The van der Waals surface area contributed by atoms with Crippen molar-refractivity contribution in [3.05, 3.63) is 5.38 Å². The predicted octanol–water partition coefficient (Wildman–Crippen LogP) is -0.0159. The maximum Gasteiger partial charge on any atom is 0.424 e. The number of aromatic nitrogens is 2. The fourth-order valence-electron chi connectivity index (χ4n) is 0.243. The molecule has 0 spiro atoms. The first kappa shape index (κ1) is 5.17. The summed E-state index contributed by atoms with van der Waals surface area (Å²) in [6.45, 7) is 1.22. The number of rotatable bonds is 2. The quantitative estimate of drug-likeness (QED) is 0.563. The molecular weight excluding hydrogens is 128 g/mol. The van der Waals surface area contributed by atoms with Crippen molar-refractivity contribution in [2.45, 2.75) is 0 Å². The van der Waals surface area contributed by atoms with Gasteiger partial charge in [0.15, 0.2) is 0 Å². The zero-order valence-electron chi connectivity index (χ0n) is 3.70. The van der Waals surface area contributed by atoms with Gasteiger partial charge in [-0.1, -0.05) is 9.59 Å². The molecule has 0 fully saturated rings. The highest BCUT2D eigenvalue weighted by Crippen LogP contribution is 2.03. The van der Waals surface area contributed by atoms with Gasteiger partial charge >= 0.3 is 6.47 Å². The normalized spacial score (nSPS) is 8.50. The van der Waals surface area contributed by atoms with E-state index >= 15 is 0 Å². The van der Waals surface area contributed by atoms with Crippen LogP contribution in [0.5, 0.6) is 5.88 Å². The highest BCUT2D eigenvalue weighted by molar-refractivity contribution is 7.03. The van der Waals surface area contributed by atoms with Gasteiger partial charge in [0.25, 0.3) is 5.88 Å². The summed E-state index contributed by atoms with van der Waals surface area (Å²) < 4.78 is 7.61. The van der Waals surface area contributed by atoms with E-state index in [1.54, 1.807) is 0 Å². The number of hydrogen-bond donors (Lipinski definition) is 0. The van der Waals surface area contributed by atoms with Gasteiger partial charge in [-0.05, 0) is 11.5 Å². The molecule has 0 aliphatic rings. The third-order valence-corrected chi connectivity index (χ3v) is 0.969. The Kier molecular flexibility index (Phi) is 1.53. The van der Waals surface area contributed by atoms with Crippen LogP contribution in [0.15, 0.2) is 5.38 Å². The summed E-state index contributed by atoms with van der Waals surface area (Å²) >= 11 is 1.11. The molecule has 0 saturated heterocycles. The van der Waals surface area contributed by atoms with Crippen LogP contribution < -0.4 is 4.74 Å². The summed E-state index contributed by atoms with van der Waals surface area (Å²) in [6, 6.07) is 0. The van der Waals surface area contributed by atoms with Gasteiger partial charge in [-0.15, -0.1) is 0 Å². The summed E-state index contributed by atoms with van der Waals surface area (Å²) in [5, 5.41) is 4.89. The molecule has 4 nitrogen and oxygen atoms in total. The van der Waals surface area contributed by atoms with E-state index in [0.29, 0.717) is 0 Å². The molecule has 5 heteroatoms. The average molecular weight is 129 g/mol. The lowest BCUT2D eigenvalue weighted by Gasteiger charge is -1.79. The van der Waals surface area contributed by atoms with Crippen molar-refractivity contribution in [3.8, 4) is 5.88 Å². The maximum absolute atomic E-state index is 9.46. The van der Waals surface area contributed by atoms with Crippen LogP contribution in [0, 0.1) is 0 Å². The molecule has 1 aromatic rings. The summed E-state index contributed by atoms with van der Waals surface area (Å²) in [4.78, 5) is 9.46. The Morgan fingerprint density at radius 3 is 3.25 bits per heavy atom. The minimum atomic E-state index is 0.199. The molecule has 41 valence electrons. The first-order chi connectivity index (χ1) is 3.93. The van der Waals surface area contributed by atoms with E-state index in [-0.39, 0.29) is 5.88 Å². The van der Waals surface area contributed by atoms with Gasteiger partial charge in [-0.25, -0.2) is 4.79 Å². The van der Waals surface area contributed by atoms with E-state index in [1.165, 1.54) is 11.9 Å². The Morgan fingerprint density at radius 1 is 1.88 bits per heavy atom. The Labute approximate surface area is 49.3 Å². The molecule has 0 bridgehead atoms. The molecule has 1 heterocycles. The molecular formula is C3HN2O2S. The SMILES string of the molecule is O=[C]Oc1csnn1. The summed E-state index contributed by atoms with van der Waals surface area (Å²) in [7, 11) is 0.